The van der Waals surface area contributed by atoms with Gasteiger partial charge in [-0.3, -0.25) is 0 Å². The molecule has 0 radical (unpaired) electrons. The topological polar surface area (TPSA) is 70.9 Å². The van der Waals surface area contributed by atoms with Crippen LogP contribution in [0.3, 0.4) is 0 Å². The monoisotopic (exact) mass is 420 g/mol. The summed E-state index contributed by atoms with van der Waals surface area (Å²) in [5.74, 6) is -0.503. The standard InChI is InChI=1S/C24H22F2N4O/c1-13(18-6-4-5-7-20(18)25)30-23-19-10-16(8-9-21(19)29-14(2)22(23)26)17-11-27-24(15(3)31)28-12-17/h4-13,15,31H,1-3H3,(H,29,30). The molecule has 0 aliphatic rings. The Hall–Kier alpha value is -3.45. The van der Waals surface area contributed by atoms with E-state index in [0.717, 1.165) is 11.1 Å². The Bertz CT molecular complexity index is 1240. The minimum Gasteiger partial charge on any atom is -0.385 e. The van der Waals surface area contributed by atoms with Crippen molar-refractivity contribution in [3.8, 4) is 11.1 Å². The molecule has 0 aliphatic carbocycles. The van der Waals surface area contributed by atoms with Crippen LogP contribution in [-0.4, -0.2) is 20.1 Å². The molecule has 0 fully saturated rings. The van der Waals surface area contributed by atoms with E-state index in [1.54, 1.807) is 57.4 Å². The molecule has 7 heteroatoms. The van der Waals surface area contributed by atoms with Crippen LogP contribution < -0.4 is 5.32 Å². The lowest BCUT2D eigenvalue weighted by molar-refractivity contribution is 0.189. The molecule has 158 valence electrons. The lowest BCUT2D eigenvalue weighted by Gasteiger charge is -2.19. The molecule has 0 bridgehead atoms. The Morgan fingerprint density at radius 1 is 0.968 bits per heavy atom. The Morgan fingerprint density at radius 2 is 1.68 bits per heavy atom. The number of anilines is 1. The Balaban J connectivity index is 1.79. The highest BCUT2D eigenvalue weighted by molar-refractivity contribution is 5.95. The van der Waals surface area contributed by atoms with Crippen molar-refractivity contribution >= 4 is 16.6 Å². The summed E-state index contributed by atoms with van der Waals surface area (Å²) in [5, 5.41) is 13.3. The number of aryl methyl sites for hydroxylation is 1. The minimum atomic E-state index is -0.761. The second kappa shape index (κ2) is 8.35. The Morgan fingerprint density at radius 3 is 2.35 bits per heavy atom. The highest BCUT2D eigenvalue weighted by Gasteiger charge is 2.18. The molecule has 2 unspecified atom stereocenters. The van der Waals surface area contributed by atoms with Gasteiger partial charge in [-0.25, -0.2) is 23.7 Å². The number of pyridine rings is 1. The number of aliphatic hydroxyl groups excluding tert-OH is 1. The van der Waals surface area contributed by atoms with Crippen molar-refractivity contribution in [3.63, 3.8) is 0 Å². The number of benzene rings is 2. The van der Waals surface area contributed by atoms with Gasteiger partial charge in [0.25, 0.3) is 0 Å². The van der Waals surface area contributed by atoms with Crippen molar-refractivity contribution < 1.29 is 13.9 Å². The van der Waals surface area contributed by atoms with Crippen molar-refractivity contribution in [2.45, 2.75) is 32.9 Å². The fourth-order valence-electron chi connectivity index (χ4n) is 3.51. The zero-order valence-corrected chi connectivity index (χ0v) is 17.4. The number of hydrogen-bond donors (Lipinski definition) is 2. The first-order valence-electron chi connectivity index (χ1n) is 9.96. The number of halogens is 2. The maximum absolute atomic E-state index is 15.1. The summed E-state index contributed by atoms with van der Waals surface area (Å²) in [6.45, 7) is 4.98. The lowest BCUT2D eigenvalue weighted by Crippen LogP contribution is -2.11. The number of rotatable bonds is 5. The SMILES string of the molecule is Cc1nc2ccc(-c3cnc(C(C)O)nc3)cc2c(NC(C)c2ccccc2F)c1F. The minimum absolute atomic E-state index is 0.258. The van der Waals surface area contributed by atoms with Crippen molar-refractivity contribution in [1.29, 1.82) is 0 Å². The van der Waals surface area contributed by atoms with Crippen molar-refractivity contribution in [1.82, 2.24) is 15.0 Å². The third-order valence-electron chi connectivity index (χ3n) is 5.20. The van der Waals surface area contributed by atoms with Crippen LogP contribution in [0.1, 0.15) is 43.1 Å². The van der Waals surface area contributed by atoms with Gasteiger partial charge < -0.3 is 10.4 Å². The maximum atomic E-state index is 15.1. The van der Waals surface area contributed by atoms with Crippen LogP contribution in [0.4, 0.5) is 14.5 Å². The molecule has 2 N–H and O–H groups in total. The van der Waals surface area contributed by atoms with E-state index in [1.165, 1.54) is 6.07 Å². The molecular weight excluding hydrogens is 398 g/mol. The molecule has 2 aromatic carbocycles. The number of nitrogens with zero attached hydrogens (tertiary/aromatic N) is 3. The van der Waals surface area contributed by atoms with E-state index in [-0.39, 0.29) is 17.2 Å². The van der Waals surface area contributed by atoms with Gasteiger partial charge in [0, 0.05) is 28.9 Å². The van der Waals surface area contributed by atoms with Crippen molar-refractivity contribution in [3.05, 3.63) is 83.6 Å². The summed E-state index contributed by atoms with van der Waals surface area (Å²) >= 11 is 0. The molecule has 5 nitrogen and oxygen atoms in total. The Labute approximate surface area is 178 Å². The van der Waals surface area contributed by atoms with E-state index in [9.17, 15) is 9.50 Å². The third kappa shape index (κ3) is 4.09. The smallest absolute Gasteiger partial charge is 0.168 e. The average molecular weight is 420 g/mol. The average Bonchev–Trinajstić information content (AvgIpc) is 2.77. The van der Waals surface area contributed by atoms with Crippen LogP contribution >= 0.6 is 0 Å². The first kappa shape index (κ1) is 20.8. The summed E-state index contributed by atoms with van der Waals surface area (Å²) in [7, 11) is 0. The van der Waals surface area contributed by atoms with Gasteiger partial charge in [-0.05, 0) is 44.5 Å². The van der Waals surface area contributed by atoms with E-state index in [0.29, 0.717) is 22.3 Å². The van der Waals surface area contributed by atoms with Crippen LogP contribution in [-0.2, 0) is 0 Å². The predicted octanol–water partition coefficient (Wildman–Crippen LogP) is 5.50. The summed E-state index contributed by atoms with van der Waals surface area (Å²) < 4.78 is 29.3. The van der Waals surface area contributed by atoms with Crippen LogP contribution in [0.2, 0.25) is 0 Å². The van der Waals surface area contributed by atoms with Crippen LogP contribution in [0.5, 0.6) is 0 Å². The van der Waals surface area contributed by atoms with E-state index in [1.807, 2.05) is 12.1 Å². The third-order valence-corrected chi connectivity index (χ3v) is 5.20. The van der Waals surface area contributed by atoms with Gasteiger partial charge in [-0.2, -0.15) is 0 Å². The predicted molar refractivity (Wildman–Crippen MR) is 117 cm³/mol. The van der Waals surface area contributed by atoms with Crippen LogP contribution in [0.25, 0.3) is 22.0 Å². The first-order valence-corrected chi connectivity index (χ1v) is 9.96. The zero-order valence-electron chi connectivity index (χ0n) is 17.4. The molecule has 31 heavy (non-hydrogen) atoms. The summed E-state index contributed by atoms with van der Waals surface area (Å²) in [6, 6.07) is 11.4. The molecule has 4 rings (SSSR count). The quantitative estimate of drug-likeness (QED) is 0.446. The van der Waals surface area contributed by atoms with Gasteiger partial charge in [0.05, 0.1) is 22.9 Å². The molecule has 0 amide bonds. The first-order chi connectivity index (χ1) is 14.8. The Kier molecular flexibility index (Phi) is 5.61. The maximum Gasteiger partial charge on any atom is 0.168 e. The molecule has 0 saturated carbocycles. The van der Waals surface area contributed by atoms with E-state index >= 15 is 4.39 Å². The number of nitrogens with one attached hydrogen (secondary N) is 1. The van der Waals surface area contributed by atoms with Crippen LogP contribution in [0.15, 0.2) is 54.9 Å². The lowest BCUT2D eigenvalue weighted by atomic mass is 10.0. The summed E-state index contributed by atoms with van der Waals surface area (Å²) in [6.07, 6.45) is 2.47. The highest BCUT2D eigenvalue weighted by Crippen LogP contribution is 2.33. The molecule has 4 aromatic rings. The molecular formula is C24H22F2N4O. The molecule has 0 saturated heterocycles. The van der Waals surface area contributed by atoms with Crippen LogP contribution in [0, 0.1) is 18.6 Å². The molecule has 2 heterocycles. The molecule has 2 aromatic heterocycles. The van der Waals surface area contributed by atoms with Gasteiger partial charge >= 0.3 is 0 Å². The fraction of sp³-hybridized carbons (Fsp3) is 0.208. The second-order valence-corrected chi connectivity index (χ2v) is 7.51. The summed E-state index contributed by atoms with van der Waals surface area (Å²) in [4.78, 5) is 12.7. The van der Waals surface area contributed by atoms with Gasteiger partial charge in [0.1, 0.15) is 11.9 Å². The number of aromatic nitrogens is 3. The van der Waals surface area contributed by atoms with E-state index in [2.05, 4.69) is 20.3 Å². The van der Waals surface area contributed by atoms with Gasteiger partial charge in [0.15, 0.2) is 11.6 Å². The fourth-order valence-corrected chi connectivity index (χ4v) is 3.51. The highest BCUT2D eigenvalue weighted by atomic mass is 19.1. The normalized spacial score (nSPS) is 13.2. The zero-order chi connectivity index (χ0) is 22.1. The largest absolute Gasteiger partial charge is 0.385 e. The number of hydrogen-bond acceptors (Lipinski definition) is 5. The summed E-state index contributed by atoms with van der Waals surface area (Å²) in [5.41, 5.74) is 3.08. The van der Waals surface area contributed by atoms with Gasteiger partial charge in [-0.1, -0.05) is 24.3 Å². The van der Waals surface area contributed by atoms with E-state index < -0.39 is 18.0 Å². The molecule has 0 aliphatic heterocycles. The number of aliphatic hydroxyl groups is 1. The van der Waals surface area contributed by atoms with Gasteiger partial charge in [0.2, 0.25) is 0 Å². The van der Waals surface area contributed by atoms with Crippen molar-refractivity contribution in [2.24, 2.45) is 0 Å². The van der Waals surface area contributed by atoms with Gasteiger partial charge in [-0.15, -0.1) is 0 Å². The van der Waals surface area contributed by atoms with Crippen molar-refractivity contribution in [2.75, 3.05) is 5.32 Å². The second-order valence-electron chi connectivity index (χ2n) is 7.51. The number of fused-ring (bicyclic) bond motifs is 1. The van der Waals surface area contributed by atoms with E-state index in [4.69, 9.17) is 0 Å². The molecule has 0 spiro atoms. The molecule has 2 atom stereocenters.